The Hall–Kier alpha value is -0.770. The van der Waals surface area contributed by atoms with Crippen LogP contribution in [-0.2, 0) is 4.74 Å². The number of unbranched alkanes of at least 4 members (excludes halogenated alkanes) is 1. The zero-order valence-electron chi connectivity index (χ0n) is 12.2. The largest absolute Gasteiger partial charge is 0.381 e. The Morgan fingerprint density at radius 1 is 1.28 bits per heavy atom. The fourth-order valence-electron chi connectivity index (χ4n) is 1.72. The van der Waals surface area contributed by atoms with E-state index in [1.807, 2.05) is 0 Å². The molecule has 1 aliphatic rings. The van der Waals surface area contributed by atoms with Gasteiger partial charge < -0.3 is 15.4 Å². The van der Waals surface area contributed by atoms with Gasteiger partial charge in [-0.15, -0.1) is 0 Å². The average Bonchev–Trinajstić information content (AvgIpc) is 3.04. The molecule has 2 N–H and O–H groups in total. The van der Waals surface area contributed by atoms with E-state index in [0.717, 1.165) is 51.0 Å². The van der Waals surface area contributed by atoms with Crippen molar-refractivity contribution in [2.24, 2.45) is 10.9 Å². The number of aliphatic imine (C=N–C) groups is 1. The van der Waals surface area contributed by atoms with E-state index in [4.69, 9.17) is 4.74 Å². The first kappa shape index (κ1) is 15.3. The maximum atomic E-state index is 5.52. The lowest BCUT2D eigenvalue weighted by molar-refractivity contribution is 0.130. The van der Waals surface area contributed by atoms with Crippen molar-refractivity contribution in [3.8, 4) is 0 Å². The zero-order valence-corrected chi connectivity index (χ0v) is 12.2. The van der Waals surface area contributed by atoms with Crippen molar-refractivity contribution in [3.63, 3.8) is 0 Å². The Labute approximate surface area is 112 Å². The molecule has 0 aromatic carbocycles. The summed E-state index contributed by atoms with van der Waals surface area (Å²) in [5, 5.41) is 6.73. The second-order valence-corrected chi connectivity index (χ2v) is 5.04. The van der Waals surface area contributed by atoms with Crippen LogP contribution in [0.4, 0.5) is 0 Å². The van der Waals surface area contributed by atoms with Crippen LogP contribution < -0.4 is 10.6 Å². The molecule has 0 spiro atoms. The number of rotatable bonds is 9. The average molecular weight is 255 g/mol. The highest BCUT2D eigenvalue weighted by Gasteiger charge is 2.33. The topological polar surface area (TPSA) is 45.6 Å². The van der Waals surface area contributed by atoms with Gasteiger partial charge in [-0.25, -0.2) is 0 Å². The highest BCUT2D eigenvalue weighted by Crippen LogP contribution is 2.28. The van der Waals surface area contributed by atoms with E-state index in [-0.39, 0.29) is 0 Å². The lowest BCUT2D eigenvalue weighted by atomic mass is 10.4. The molecule has 0 bridgehead atoms. The van der Waals surface area contributed by atoms with Gasteiger partial charge in [-0.05, 0) is 32.1 Å². The maximum Gasteiger partial charge on any atom is 0.191 e. The van der Waals surface area contributed by atoms with E-state index < -0.39 is 0 Å². The highest BCUT2D eigenvalue weighted by atomic mass is 16.5. The van der Waals surface area contributed by atoms with Crippen LogP contribution in [0.2, 0.25) is 0 Å². The first-order valence-corrected chi connectivity index (χ1v) is 7.40. The molecule has 1 fully saturated rings. The molecule has 2 atom stereocenters. The molecule has 4 nitrogen and oxygen atoms in total. The monoisotopic (exact) mass is 255 g/mol. The number of nitrogens with one attached hydrogen (secondary N) is 2. The summed E-state index contributed by atoms with van der Waals surface area (Å²) in [5.74, 6) is 1.76. The van der Waals surface area contributed by atoms with Crippen molar-refractivity contribution in [1.82, 2.24) is 10.6 Å². The van der Waals surface area contributed by atoms with Crippen molar-refractivity contribution in [2.75, 3.05) is 26.3 Å². The number of hydrogen-bond donors (Lipinski definition) is 2. The Kier molecular flexibility index (Phi) is 7.81. The standard InChI is InChI=1S/C14H29N3O/c1-4-6-9-18-10-7-8-16-14(15-5-2)17-13-11-12(13)3/h12-13H,4-11H2,1-3H3,(H2,15,16,17). The van der Waals surface area contributed by atoms with Crippen molar-refractivity contribution in [1.29, 1.82) is 0 Å². The molecule has 0 aromatic heterocycles. The second-order valence-electron chi connectivity index (χ2n) is 5.04. The van der Waals surface area contributed by atoms with Gasteiger partial charge in [0.25, 0.3) is 0 Å². The Morgan fingerprint density at radius 2 is 2.00 bits per heavy atom. The lowest BCUT2D eigenvalue weighted by Crippen LogP contribution is -2.39. The SMILES string of the molecule is CCCCOCCCN=C(NCC)NC1CC1C. The molecule has 1 rings (SSSR count). The van der Waals surface area contributed by atoms with Gasteiger partial charge in [-0.1, -0.05) is 20.3 Å². The highest BCUT2D eigenvalue weighted by molar-refractivity contribution is 5.80. The van der Waals surface area contributed by atoms with Crippen LogP contribution >= 0.6 is 0 Å². The summed E-state index contributed by atoms with van der Waals surface area (Å²) < 4.78 is 5.52. The van der Waals surface area contributed by atoms with Gasteiger partial charge in [0.15, 0.2) is 5.96 Å². The van der Waals surface area contributed by atoms with E-state index in [0.29, 0.717) is 6.04 Å². The van der Waals surface area contributed by atoms with Gasteiger partial charge in [-0.2, -0.15) is 0 Å². The number of hydrogen-bond acceptors (Lipinski definition) is 2. The van der Waals surface area contributed by atoms with Gasteiger partial charge in [0, 0.05) is 32.3 Å². The molecule has 18 heavy (non-hydrogen) atoms. The molecular formula is C14H29N3O. The molecule has 0 aliphatic heterocycles. The van der Waals surface area contributed by atoms with E-state index >= 15 is 0 Å². The Morgan fingerprint density at radius 3 is 2.61 bits per heavy atom. The van der Waals surface area contributed by atoms with Gasteiger partial charge in [0.2, 0.25) is 0 Å². The van der Waals surface area contributed by atoms with Crippen LogP contribution in [0.5, 0.6) is 0 Å². The Bertz CT molecular complexity index is 243. The van der Waals surface area contributed by atoms with Crippen LogP contribution in [0.1, 0.15) is 46.5 Å². The molecule has 106 valence electrons. The summed E-state index contributed by atoms with van der Waals surface area (Å²) in [6, 6.07) is 0.628. The van der Waals surface area contributed by atoms with E-state index in [1.165, 1.54) is 12.8 Å². The maximum absolute atomic E-state index is 5.52. The first-order valence-electron chi connectivity index (χ1n) is 7.40. The fourth-order valence-corrected chi connectivity index (χ4v) is 1.72. The predicted octanol–water partition coefficient (Wildman–Crippen LogP) is 2.16. The lowest BCUT2D eigenvalue weighted by Gasteiger charge is -2.10. The molecule has 2 unspecified atom stereocenters. The van der Waals surface area contributed by atoms with Gasteiger partial charge >= 0.3 is 0 Å². The second kappa shape index (κ2) is 9.20. The van der Waals surface area contributed by atoms with Crippen LogP contribution in [-0.4, -0.2) is 38.3 Å². The molecule has 4 heteroatoms. The number of ether oxygens (including phenoxy) is 1. The van der Waals surface area contributed by atoms with Gasteiger partial charge in [-0.3, -0.25) is 4.99 Å². The molecule has 1 saturated carbocycles. The Balaban J connectivity index is 2.07. The van der Waals surface area contributed by atoms with Crippen LogP contribution in [0.25, 0.3) is 0 Å². The smallest absolute Gasteiger partial charge is 0.191 e. The minimum Gasteiger partial charge on any atom is -0.381 e. The third-order valence-electron chi connectivity index (χ3n) is 3.13. The summed E-state index contributed by atoms with van der Waals surface area (Å²) in [4.78, 5) is 4.56. The van der Waals surface area contributed by atoms with Crippen LogP contribution in [0, 0.1) is 5.92 Å². The normalized spacial score (nSPS) is 22.9. The van der Waals surface area contributed by atoms with E-state index in [2.05, 4.69) is 36.4 Å². The van der Waals surface area contributed by atoms with Crippen LogP contribution in [0.3, 0.4) is 0 Å². The zero-order chi connectivity index (χ0) is 13.2. The number of nitrogens with zero attached hydrogens (tertiary/aromatic N) is 1. The molecular weight excluding hydrogens is 226 g/mol. The minimum atomic E-state index is 0.628. The number of guanidine groups is 1. The summed E-state index contributed by atoms with van der Waals surface area (Å²) in [6.45, 7) is 10.0. The quantitative estimate of drug-likeness (QED) is 0.377. The molecule has 1 aliphatic carbocycles. The van der Waals surface area contributed by atoms with Crippen molar-refractivity contribution >= 4 is 5.96 Å². The van der Waals surface area contributed by atoms with Crippen molar-refractivity contribution in [2.45, 2.75) is 52.5 Å². The summed E-state index contributed by atoms with van der Waals surface area (Å²) in [6.07, 6.45) is 4.63. The van der Waals surface area contributed by atoms with Gasteiger partial charge in [0.1, 0.15) is 0 Å². The molecule has 0 heterocycles. The predicted molar refractivity (Wildman–Crippen MR) is 77.0 cm³/mol. The molecule has 0 amide bonds. The molecule has 0 aromatic rings. The van der Waals surface area contributed by atoms with Crippen LogP contribution in [0.15, 0.2) is 4.99 Å². The summed E-state index contributed by atoms with van der Waals surface area (Å²) in [5.41, 5.74) is 0. The van der Waals surface area contributed by atoms with Gasteiger partial charge in [0.05, 0.1) is 0 Å². The fraction of sp³-hybridized carbons (Fsp3) is 0.929. The molecule has 0 radical (unpaired) electrons. The minimum absolute atomic E-state index is 0.628. The summed E-state index contributed by atoms with van der Waals surface area (Å²) in [7, 11) is 0. The van der Waals surface area contributed by atoms with E-state index in [1.54, 1.807) is 0 Å². The third-order valence-corrected chi connectivity index (χ3v) is 3.13. The summed E-state index contributed by atoms with van der Waals surface area (Å²) >= 11 is 0. The third kappa shape index (κ3) is 6.84. The first-order chi connectivity index (χ1) is 8.77. The van der Waals surface area contributed by atoms with Crippen molar-refractivity contribution in [3.05, 3.63) is 0 Å². The van der Waals surface area contributed by atoms with Crippen molar-refractivity contribution < 1.29 is 4.74 Å². The molecule has 0 saturated heterocycles. The van der Waals surface area contributed by atoms with E-state index in [9.17, 15) is 0 Å².